The minimum Gasteiger partial charge on any atom is -0.379 e. The highest BCUT2D eigenvalue weighted by Gasteiger charge is 2.28. The zero-order valence-electron chi connectivity index (χ0n) is 12.4. The van der Waals surface area contributed by atoms with Crippen LogP contribution < -0.4 is 5.32 Å². The molecule has 2 amide bonds. The quantitative estimate of drug-likeness (QED) is 0.844. The Morgan fingerprint density at radius 3 is 2.40 bits per heavy atom. The van der Waals surface area contributed by atoms with Gasteiger partial charge in [0.05, 0.1) is 13.2 Å². The average molecular weight is 281 g/mol. The molecule has 0 atom stereocenters. The second-order valence-electron chi connectivity index (χ2n) is 6.40. The normalized spacial score (nSPS) is 25.7. The number of urea groups is 1. The van der Waals surface area contributed by atoms with Gasteiger partial charge in [0.15, 0.2) is 0 Å². The molecule has 5 nitrogen and oxygen atoms in total. The number of piperidine rings is 1. The van der Waals surface area contributed by atoms with Crippen molar-refractivity contribution in [2.75, 3.05) is 45.9 Å². The Morgan fingerprint density at radius 2 is 1.75 bits per heavy atom. The van der Waals surface area contributed by atoms with E-state index in [2.05, 4.69) is 10.2 Å². The van der Waals surface area contributed by atoms with E-state index in [0.29, 0.717) is 6.04 Å². The van der Waals surface area contributed by atoms with Gasteiger partial charge in [0.1, 0.15) is 0 Å². The Balaban J connectivity index is 1.32. The molecule has 0 aromatic heterocycles. The Hall–Kier alpha value is -0.810. The van der Waals surface area contributed by atoms with E-state index >= 15 is 0 Å². The van der Waals surface area contributed by atoms with E-state index in [1.165, 1.54) is 38.6 Å². The first kappa shape index (κ1) is 14.1. The highest BCUT2D eigenvalue weighted by atomic mass is 16.5. The van der Waals surface area contributed by atoms with Gasteiger partial charge in [-0.1, -0.05) is 0 Å². The van der Waals surface area contributed by atoms with Crippen molar-refractivity contribution in [2.24, 2.45) is 5.92 Å². The van der Waals surface area contributed by atoms with Crippen LogP contribution in [-0.4, -0.2) is 67.8 Å². The fraction of sp³-hybridized carbons (Fsp3) is 0.933. The minimum absolute atomic E-state index is 0.166. The number of rotatable bonds is 4. The molecule has 2 aliphatic heterocycles. The summed E-state index contributed by atoms with van der Waals surface area (Å²) in [6, 6.07) is 0.640. The molecule has 2 saturated heterocycles. The maximum atomic E-state index is 12.0. The van der Waals surface area contributed by atoms with Crippen molar-refractivity contribution in [3.8, 4) is 0 Å². The Morgan fingerprint density at radius 1 is 1.05 bits per heavy atom. The summed E-state index contributed by atoms with van der Waals surface area (Å²) in [7, 11) is 0. The molecule has 3 rings (SSSR count). The average Bonchev–Trinajstić information content (AvgIpc) is 3.31. The third-order valence-corrected chi connectivity index (χ3v) is 4.76. The van der Waals surface area contributed by atoms with Gasteiger partial charge in [-0.2, -0.15) is 0 Å². The van der Waals surface area contributed by atoms with Crippen LogP contribution in [0.5, 0.6) is 0 Å². The molecular weight excluding hydrogens is 254 g/mol. The molecule has 0 bridgehead atoms. The standard InChI is InChI=1S/C15H27N3O2/c19-15(16-14-1-2-14)18-7-4-13(5-8-18)3-6-17-9-11-20-12-10-17/h13-14H,1-12H2,(H,16,19). The van der Waals surface area contributed by atoms with Crippen LogP contribution in [-0.2, 0) is 4.74 Å². The van der Waals surface area contributed by atoms with Crippen LogP contribution in [0.15, 0.2) is 0 Å². The molecule has 0 aromatic carbocycles. The lowest BCUT2D eigenvalue weighted by molar-refractivity contribution is 0.0339. The van der Waals surface area contributed by atoms with Crippen LogP contribution in [0.2, 0.25) is 0 Å². The van der Waals surface area contributed by atoms with Crippen molar-refractivity contribution in [2.45, 2.75) is 38.1 Å². The molecule has 1 aliphatic carbocycles. The van der Waals surface area contributed by atoms with E-state index in [9.17, 15) is 4.79 Å². The maximum Gasteiger partial charge on any atom is 0.317 e. The highest BCUT2D eigenvalue weighted by Crippen LogP contribution is 2.23. The number of ether oxygens (including phenoxy) is 1. The number of hydrogen-bond donors (Lipinski definition) is 1. The van der Waals surface area contributed by atoms with E-state index < -0.39 is 0 Å². The first-order chi connectivity index (χ1) is 9.81. The lowest BCUT2D eigenvalue weighted by atomic mass is 9.93. The van der Waals surface area contributed by atoms with Gasteiger partial charge in [0.2, 0.25) is 0 Å². The van der Waals surface area contributed by atoms with Gasteiger partial charge in [0.25, 0.3) is 0 Å². The largest absolute Gasteiger partial charge is 0.379 e. The molecule has 3 fully saturated rings. The number of morpholine rings is 1. The molecular formula is C15H27N3O2. The van der Waals surface area contributed by atoms with E-state index in [1.807, 2.05) is 4.90 Å². The fourth-order valence-electron chi connectivity index (χ4n) is 3.11. The first-order valence-corrected chi connectivity index (χ1v) is 8.17. The highest BCUT2D eigenvalue weighted by molar-refractivity contribution is 5.74. The summed E-state index contributed by atoms with van der Waals surface area (Å²) in [6.45, 7) is 7.02. The van der Waals surface area contributed by atoms with Gasteiger partial charge in [-0.05, 0) is 44.6 Å². The van der Waals surface area contributed by atoms with E-state index in [0.717, 1.165) is 45.3 Å². The third kappa shape index (κ3) is 4.09. The smallest absolute Gasteiger partial charge is 0.317 e. The van der Waals surface area contributed by atoms with Gasteiger partial charge in [-0.3, -0.25) is 4.90 Å². The van der Waals surface area contributed by atoms with Crippen molar-refractivity contribution in [1.29, 1.82) is 0 Å². The molecule has 5 heteroatoms. The summed E-state index contributed by atoms with van der Waals surface area (Å²) in [5.41, 5.74) is 0. The third-order valence-electron chi connectivity index (χ3n) is 4.76. The second-order valence-corrected chi connectivity index (χ2v) is 6.40. The van der Waals surface area contributed by atoms with Crippen molar-refractivity contribution < 1.29 is 9.53 Å². The summed E-state index contributed by atoms with van der Waals surface area (Å²) in [6.07, 6.45) is 5.95. The summed E-state index contributed by atoms with van der Waals surface area (Å²) in [5, 5.41) is 3.09. The van der Waals surface area contributed by atoms with Crippen LogP contribution in [0.4, 0.5) is 4.79 Å². The summed E-state index contributed by atoms with van der Waals surface area (Å²) >= 11 is 0. The summed E-state index contributed by atoms with van der Waals surface area (Å²) in [4.78, 5) is 16.5. The van der Waals surface area contributed by atoms with Crippen LogP contribution >= 0.6 is 0 Å². The predicted molar refractivity (Wildman–Crippen MR) is 77.7 cm³/mol. The first-order valence-electron chi connectivity index (χ1n) is 8.17. The molecule has 0 radical (unpaired) electrons. The molecule has 1 saturated carbocycles. The molecule has 0 aromatic rings. The van der Waals surface area contributed by atoms with Gasteiger partial charge in [0, 0.05) is 32.2 Å². The van der Waals surface area contributed by atoms with Gasteiger partial charge >= 0.3 is 6.03 Å². The number of carbonyl (C=O) groups is 1. The van der Waals surface area contributed by atoms with Gasteiger partial charge < -0.3 is 15.0 Å². The Labute approximate surface area is 121 Å². The molecule has 1 N–H and O–H groups in total. The Kier molecular flexibility index (Phi) is 4.78. The van der Waals surface area contributed by atoms with Crippen molar-refractivity contribution in [3.05, 3.63) is 0 Å². The number of hydrogen-bond acceptors (Lipinski definition) is 3. The minimum atomic E-state index is 0.166. The van der Waals surface area contributed by atoms with Gasteiger partial charge in [-0.15, -0.1) is 0 Å². The maximum absolute atomic E-state index is 12.0. The molecule has 3 aliphatic rings. The summed E-state index contributed by atoms with van der Waals surface area (Å²) < 4.78 is 5.38. The zero-order valence-corrected chi connectivity index (χ0v) is 12.4. The van der Waals surface area contributed by atoms with Crippen molar-refractivity contribution in [1.82, 2.24) is 15.1 Å². The summed E-state index contributed by atoms with van der Waals surface area (Å²) in [5.74, 6) is 0.794. The SMILES string of the molecule is O=C(NC1CC1)N1CCC(CCN2CCOCC2)CC1. The molecule has 114 valence electrons. The number of nitrogens with zero attached hydrogens (tertiary/aromatic N) is 2. The predicted octanol–water partition coefficient (Wildman–Crippen LogP) is 1.29. The second kappa shape index (κ2) is 6.76. The Bertz CT molecular complexity index is 319. The molecule has 20 heavy (non-hydrogen) atoms. The molecule has 0 spiro atoms. The van der Waals surface area contributed by atoms with Crippen molar-refractivity contribution in [3.63, 3.8) is 0 Å². The topological polar surface area (TPSA) is 44.8 Å². The van der Waals surface area contributed by atoms with E-state index in [1.54, 1.807) is 0 Å². The number of carbonyl (C=O) groups excluding carboxylic acids is 1. The van der Waals surface area contributed by atoms with Crippen LogP contribution in [0.25, 0.3) is 0 Å². The number of likely N-dealkylation sites (tertiary alicyclic amines) is 1. The van der Waals surface area contributed by atoms with Crippen LogP contribution in [0.3, 0.4) is 0 Å². The van der Waals surface area contributed by atoms with Crippen molar-refractivity contribution >= 4 is 6.03 Å². The van der Waals surface area contributed by atoms with Crippen LogP contribution in [0, 0.1) is 5.92 Å². The lowest BCUT2D eigenvalue weighted by Gasteiger charge is -2.34. The monoisotopic (exact) mass is 281 g/mol. The number of amides is 2. The molecule has 0 unspecified atom stereocenters. The van der Waals surface area contributed by atoms with E-state index in [4.69, 9.17) is 4.74 Å². The number of nitrogens with one attached hydrogen (secondary N) is 1. The van der Waals surface area contributed by atoms with E-state index in [-0.39, 0.29) is 6.03 Å². The van der Waals surface area contributed by atoms with Crippen LogP contribution in [0.1, 0.15) is 32.1 Å². The fourth-order valence-corrected chi connectivity index (χ4v) is 3.11. The van der Waals surface area contributed by atoms with Gasteiger partial charge in [-0.25, -0.2) is 4.79 Å². The zero-order chi connectivity index (χ0) is 13.8. The molecule has 2 heterocycles. The lowest BCUT2D eigenvalue weighted by Crippen LogP contribution is -2.45.